The molecule has 0 unspecified atom stereocenters. The van der Waals surface area contributed by atoms with Crippen LogP contribution in [0.15, 0.2) is 24.3 Å². The summed E-state index contributed by atoms with van der Waals surface area (Å²) in [6, 6.07) is 6.68. The van der Waals surface area contributed by atoms with Crippen molar-refractivity contribution in [2.75, 3.05) is 7.11 Å². The van der Waals surface area contributed by atoms with Crippen LogP contribution in [0.25, 0.3) is 0 Å². The van der Waals surface area contributed by atoms with Crippen LogP contribution in [0.5, 0.6) is 5.75 Å². The lowest BCUT2D eigenvalue weighted by Crippen LogP contribution is -2.52. The van der Waals surface area contributed by atoms with E-state index in [9.17, 15) is 14.7 Å². The fourth-order valence-electron chi connectivity index (χ4n) is 2.42. The normalized spacial score (nSPS) is 16.9. The second kappa shape index (κ2) is 5.30. The van der Waals surface area contributed by atoms with Crippen LogP contribution in [0.3, 0.4) is 0 Å². The Labute approximate surface area is 111 Å². The second-order valence-electron chi connectivity index (χ2n) is 4.78. The number of carbonyl (C=O) groups excluding carboxylic acids is 1. The van der Waals surface area contributed by atoms with Gasteiger partial charge in [0.2, 0.25) is 0 Å². The number of amides is 1. The lowest BCUT2D eigenvalue weighted by Gasteiger charge is -2.25. The number of hydrogen-bond acceptors (Lipinski definition) is 3. The van der Waals surface area contributed by atoms with Crippen molar-refractivity contribution in [3.8, 4) is 5.75 Å². The number of methoxy groups -OCH3 is 1. The molecular weight excluding hydrogens is 246 g/mol. The molecule has 2 N–H and O–H groups in total. The van der Waals surface area contributed by atoms with Gasteiger partial charge in [0.25, 0.3) is 5.91 Å². The third kappa shape index (κ3) is 2.70. The number of carboxylic acids is 1. The van der Waals surface area contributed by atoms with Crippen molar-refractivity contribution in [2.24, 2.45) is 0 Å². The highest BCUT2D eigenvalue weighted by atomic mass is 16.5. The average molecular weight is 263 g/mol. The van der Waals surface area contributed by atoms with Gasteiger partial charge >= 0.3 is 5.97 Å². The van der Waals surface area contributed by atoms with Crippen LogP contribution in [-0.2, 0) is 4.79 Å². The van der Waals surface area contributed by atoms with E-state index >= 15 is 0 Å². The molecule has 0 bridgehead atoms. The van der Waals surface area contributed by atoms with Gasteiger partial charge in [0.05, 0.1) is 7.11 Å². The predicted octanol–water partition coefficient (Wildman–Crippen LogP) is 1.82. The molecule has 19 heavy (non-hydrogen) atoms. The molecule has 1 aromatic rings. The molecule has 0 spiro atoms. The zero-order valence-electron chi connectivity index (χ0n) is 10.8. The van der Waals surface area contributed by atoms with Crippen LogP contribution in [0.2, 0.25) is 0 Å². The minimum Gasteiger partial charge on any atom is -0.497 e. The summed E-state index contributed by atoms with van der Waals surface area (Å²) < 4.78 is 5.05. The van der Waals surface area contributed by atoms with Crippen molar-refractivity contribution in [1.29, 1.82) is 0 Å². The molecule has 0 aliphatic heterocycles. The lowest BCUT2D eigenvalue weighted by atomic mass is 9.97. The standard InChI is InChI=1S/C14H17NO4/c1-19-11-6-4-5-10(9-11)12(16)15-14(13(17)18)7-2-3-8-14/h4-6,9H,2-3,7-8H2,1H3,(H,15,16)(H,17,18). The molecule has 0 saturated heterocycles. The first-order valence-corrected chi connectivity index (χ1v) is 6.27. The smallest absolute Gasteiger partial charge is 0.329 e. The molecule has 1 aliphatic rings. The van der Waals surface area contributed by atoms with Crippen LogP contribution in [0, 0.1) is 0 Å². The molecule has 1 aromatic carbocycles. The van der Waals surface area contributed by atoms with E-state index in [0.717, 1.165) is 12.8 Å². The average Bonchev–Trinajstić information content (AvgIpc) is 2.88. The first kappa shape index (κ1) is 13.4. The Morgan fingerprint density at radius 3 is 2.58 bits per heavy atom. The van der Waals surface area contributed by atoms with Gasteiger partial charge in [0.15, 0.2) is 0 Å². The maximum atomic E-state index is 12.1. The molecule has 102 valence electrons. The summed E-state index contributed by atoms with van der Waals surface area (Å²) in [4.78, 5) is 23.5. The molecule has 0 atom stereocenters. The van der Waals surface area contributed by atoms with E-state index in [2.05, 4.69) is 5.32 Å². The number of hydrogen-bond donors (Lipinski definition) is 2. The minimum atomic E-state index is -1.11. The Bertz CT molecular complexity index is 492. The van der Waals surface area contributed by atoms with Crippen LogP contribution in [0.1, 0.15) is 36.0 Å². The van der Waals surface area contributed by atoms with Gasteiger partial charge in [-0.1, -0.05) is 18.9 Å². The van der Waals surface area contributed by atoms with E-state index in [1.54, 1.807) is 24.3 Å². The van der Waals surface area contributed by atoms with Gasteiger partial charge < -0.3 is 15.2 Å². The summed E-state index contributed by atoms with van der Waals surface area (Å²) in [7, 11) is 1.52. The maximum absolute atomic E-state index is 12.1. The van der Waals surface area contributed by atoms with Crippen molar-refractivity contribution in [3.63, 3.8) is 0 Å². The van der Waals surface area contributed by atoms with Crippen LogP contribution < -0.4 is 10.1 Å². The minimum absolute atomic E-state index is 0.372. The number of ether oxygens (including phenoxy) is 1. The molecular formula is C14H17NO4. The third-order valence-corrected chi connectivity index (χ3v) is 3.55. The quantitative estimate of drug-likeness (QED) is 0.868. The first-order valence-electron chi connectivity index (χ1n) is 6.27. The zero-order valence-corrected chi connectivity index (χ0v) is 10.8. The van der Waals surface area contributed by atoms with Gasteiger partial charge in [-0.15, -0.1) is 0 Å². The Hall–Kier alpha value is -2.04. The summed E-state index contributed by atoms with van der Waals surface area (Å²) in [6.07, 6.45) is 2.62. The second-order valence-corrected chi connectivity index (χ2v) is 4.78. The van der Waals surface area contributed by atoms with Gasteiger partial charge in [0, 0.05) is 5.56 Å². The fraction of sp³-hybridized carbons (Fsp3) is 0.429. The molecule has 2 rings (SSSR count). The number of benzene rings is 1. The zero-order chi connectivity index (χ0) is 13.9. The highest BCUT2D eigenvalue weighted by Crippen LogP contribution is 2.30. The van der Waals surface area contributed by atoms with E-state index in [0.29, 0.717) is 24.2 Å². The van der Waals surface area contributed by atoms with Crippen molar-refractivity contribution in [2.45, 2.75) is 31.2 Å². The summed E-state index contributed by atoms with van der Waals surface area (Å²) in [5.41, 5.74) is -0.702. The molecule has 1 fully saturated rings. The number of carbonyl (C=O) groups is 2. The largest absolute Gasteiger partial charge is 0.497 e. The van der Waals surface area contributed by atoms with E-state index in [1.165, 1.54) is 7.11 Å². The Morgan fingerprint density at radius 2 is 2.00 bits per heavy atom. The van der Waals surface area contributed by atoms with E-state index in [4.69, 9.17) is 4.74 Å². The Morgan fingerprint density at radius 1 is 1.32 bits per heavy atom. The summed E-state index contributed by atoms with van der Waals surface area (Å²) in [6.45, 7) is 0. The summed E-state index contributed by atoms with van der Waals surface area (Å²) in [5.74, 6) is -0.757. The number of carboxylic acid groups (broad SMARTS) is 1. The van der Waals surface area contributed by atoms with Gasteiger partial charge in [-0.3, -0.25) is 4.79 Å². The van der Waals surface area contributed by atoms with Gasteiger partial charge in [0.1, 0.15) is 11.3 Å². The molecule has 0 aromatic heterocycles. The lowest BCUT2D eigenvalue weighted by molar-refractivity contribution is -0.144. The molecule has 1 amide bonds. The number of aliphatic carboxylic acids is 1. The van der Waals surface area contributed by atoms with Crippen LogP contribution in [0.4, 0.5) is 0 Å². The Balaban J connectivity index is 2.17. The monoisotopic (exact) mass is 263 g/mol. The van der Waals surface area contributed by atoms with Crippen molar-refractivity contribution < 1.29 is 19.4 Å². The van der Waals surface area contributed by atoms with Crippen molar-refractivity contribution >= 4 is 11.9 Å². The molecule has 5 nitrogen and oxygen atoms in total. The van der Waals surface area contributed by atoms with E-state index in [-0.39, 0.29) is 5.91 Å². The third-order valence-electron chi connectivity index (χ3n) is 3.55. The van der Waals surface area contributed by atoms with Crippen molar-refractivity contribution in [3.05, 3.63) is 29.8 Å². The molecule has 0 heterocycles. The topological polar surface area (TPSA) is 75.6 Å². The van der Waals surface area contributed by atoms with E-state index < -0.39 is 11.5 Å². The van der Waals surface area contributed by atoms with Crippen LogP contribution in [-0.4, -0.2) is 29.6 Å². The number of nitrogens with one attached hydrogen (secondary N) is 1. The SMILES string of the molecule is COc1cccc(C(=O)NC2(C(=O)O)CCCC2)c1. The highest BCUT2D eigenvalue weighted by Gasteiger charge is 2.42. The van der Waals surface area contributed by atoms with Gasteiger partial charge in [-0.05, 0) is 31.0 Å². The van der Waals surface area contributed by atoms with Gasteiger partial charge in [-0.25, -0.2) is 4.79 Å². The van der Waals surface area contributed by atoms with Crippen LogP contribution >= 0.6 is 0 Å². The fourth-order valence-corrected chi connectivity index (χ4v) is 2.42. The predicted molar refractivity (Wildman–Crippen MR) is 69.3 cm³/mol. The summed E-state index contributed by atoms with van der Waals surface area (Å²) in [5, 5.41) is 12.0. The van der Waals surface area contributed by atoms with E-state index in [1.807, 2.05) is 0 Å². The number of rotatable bonds is 4. The highest BCUT2D eigenvalue weighted by molar-refractivity contribution is 5.98. The molecule has 5 heteroatoms. The Kier molecular flexibility index (Phi) is 3.74. The first-order chi connectivity index (χ1) is 9.07. The molecule has 1 aliphatic carbocycles. The molecule has 0 radical (unpaired) electrons. The molecule has 1 saturated carbocycles. The van der Waals surface area contributed by atoms with Crippen molar-refractivity contribution in [1.82, 2.24) is 5.32 Å². The maximum Gasteiger partial charge on any atom is 0.329 e. The summed E-state index contributed by atoms with van der Waals surface area (Å²) >= 11 is 0. The van der Waals surface area contributed by atoms with Gasteiger partial charge in [-0.2, -0.15) is 0 Å².